The summed E-state index contributed by atoms with van der Waals surface area (Å²) in [5.74, 6) is -3.36. The van der Waals surface area contributed by atoms with Crippen LogP contribution in [0.25, 0.3) is 0 Å². The van der Waals surface area contributed by atoms with Crippen LogP contribution in [0.15, 0.2) is 12.5 Å². The van der Waals surface area contributed by atoms with Crippen LogP contribution >= 0.6 is 0 Å². The largest absolute Gasteiger partial charge is 0.480 e. The Kier molecular flexibility index (Phi) is 9.92. The van der Waals surface area contributed by atoms with Gasteiger partial charge in [0, 0.05) is 18.3 Å². The van der Waals surface area contributed by atoms with Crippen LogP contribution < -0.4 is 21.7 Å². The lowest BCUT2D eigenvalue weighted by atomic mass is 10.0. The molecule has 1 aromatic heterocycles. The standard InChI is InChI=1S/C18H30N6O6/c1-9(2)4-12(16(27)24-14(7-25)18(29)30)23-17(28)13(22-15(26)10(3)19)5-11-6-20-8-21-11/h6,8-10,12-14,25H,4-5,7,19H2,1-3H3,(H,20,21)(H,22,26)(H,23,28)(H,24,27)(H,29,30). The number of carboxylic acid groups (broad SMARTS) is 1. The number of H-pyrrole nitrogens is 1. The molecule has 4 atom stereocenters. The summed E-state index contributed by atoms with van der Waals surface area (Å²) in [6.07, 6.45) is 3.21. The van der Waals surface area contributed by atoms with Gasteiger partial charge in [0.25, 0.3) is 0 Å². The van der Waals surface area contributed by atoms with Gasteiger partial charge in [0.1, 0.15) is 18.1 Å². The average Bonchev–Trinajstić information content (AvgIpc) is 3.16. The van der Waals surface area contributed by atoms with Crippen molar-refractivity contribution in [3.8, 4) is 0 Å². The van der Waals surface area contributed by atoms with Crippen molar-refractivity contribution in [2.24, 2.45) is 11.7 Å². The molecule has 1 aromatic rings. The number of nitrogens with zero attached hydrogens (tertiary/aromatic N) is 1. The summed E-state index contributed by atoms with van der Waals surface area (Å²) < 4.78 is 0. The highest BCUT2D eigenvalue weighted by Crippen LogP contribution is 2.07. The monoisotopic (exact) mass is 426 g/mol. The molecule has 0 bridgehead atoms. The number of carboxylic acids is 1. The van der Waals surface area contributed by atoms with Crippen molar-refractivity contribution in [1.82, 2.24) is 25.9 Å². The van der Waals surface area contributed by atoms with Crippen molar-refractivity contribution >= 4 is 23.7 Å². The van der Waals surface area contributed by atoms with Crippen molar-refractivity contribution in [3.63, 3.8) is 0 Å². The number of aromatic nitrogens is 2. The van der Waals surface area contributed by atoms with Gasteiger partial charge in [-0.3, -0.25) is 14.4 Å². The number of aliphatic hydroxyl groups is 1. The highest BCUT2D eigenvalue weighted by atomic mass is 16.4. The molecule has 0 fully saturated rings. The third-order valence-corrected chi connectivity index (χ3v) is 4.16. The molecule has 3 amide bonds. The molecular formula is C18H30N6O6. The molecule has 12 nitrogen and oxygen atoms in total. The minimum Gasteiger partial charge on any atom is -0.480 e. The Hall–Kier alpha value is -2.99. The Morgan fingerprint density at radius 1 is 1.03 bits per heavy atom. The smallest absolute Gasteiger partial charge is 0.328 e. The number of aromatic amines is 1. The van der Waals surface area contributed by atoms with Gasteiger partial charge in [-0.25, -0.2) is 9.78 Å². The minimum absolute atomic E-state index is 0.0110. The lowest BCUT2D eigenvalue weighted by molar-refractivity contribution is -0.143. The summed E-state index contributed by atoms with van der Waals surface area (Å²) in [6.45, 7) is 4.33. The fraction of sp³-hybridized carbons (Fsp3) is 0.611. The Bertz CT molecular complexity index is 721. The van der Waals surface area contributed by atoms with Crippen molar-refractivity contribution in [2.45, 2.75) is 57.8 Å². The fourth-order valence-corrected chi connectivity index (χ4v) is 2.56. The second-order valence-corrected chi connectivity index (χ2v) is 7.40. The first-order chi connectivity index (χ1) is 14.0. The van der Waals surface area contributed by atoms with E-state index in [1.54, 1.807) is 0 Å². The van der Waals surface area contributed by atoms with E-state index in [1.165, 1.54) is 19.4 Å². The molecular weight excluding hydrogens is 396 g/mol. The zero-order valence-electron chi connectivity index (χ0n) is 17.2. The molecule has 30 heavy (non-hydrogen) atoms. The number of rotatable bonds is 12. The third kappa shape index (κ3) is 8.17. The van der Waals surface area contributed by atoms with E-state index in [1.807, 2.05) is 13.8 Å². The number of hydrogen-bond donors (Lipinski definition) is 7. The SMILES string of the molecule is CC(C)CC(NC(=O)C(Cc1cnc[nH]1)NC(=O)C(C)N)C(=O)NC(CO)C(=O)O. The number of nitrogens with two attached hydrogens (primary N) is 1. The summed E-state index contributed by atoms with van der Waals surface area (Å²) in [5.41, 5.74) is 6.14. The van der Waals surface area contributed by atoms with Gasteiger partial charge in [-0.2, -0.15) is 0 Å². The van der Waals surface area contributed by atoms with Crippen LogP contribution in [0.4, 0.5) is 0 Å². The minimum atomic E-state index is -1.50. The molecule has 0 aliphatic carbocycles. The Morgan fingerprint density at radius 3 is 2.07 bits per heavy atom. The number of imidazole rings is 1. The van der Waals surface area contributed by atoms with Crippen molar-refractivity contribution in [1.29, 1.82) is 0 Å². The first-order valence-corrected chi connectivity index (χ1v) is 9.52. The Balaban J connectivity index is 2.98. The molecule has 0 saturated carbocycles. The van der Waals surface area contributed by atoms with Gasteiger partial charge in [-0.1, -0.05) is 13.8 Å². The van der Waals surface area contributed by atoms with E-state index in [0.717, 1.165) is 0 Å². The lowest BCUT2D eigenvalue weighted by Gasteiger charge is -2.25. The molecule has 1 heterocycles. The molecule has 168 valence electrons. The van der Waals surface area contributed by atoms with Crippen LogP contribution in [-0.2, 0) is 25.6 Å². The van der Waals surface area contributed by atoms with Gasteiger partial charge in [0.05, 0.1) is 19.0 Å². The van der Waals surface area contributed by atoms with Gasteiger partial charge in [0.15, 0.2) is 0 Å². The molecule has 4 unspecified atom stereocenters. The summed E-state index contributed by atoms with van der Waals surface area (Å²) in [4.78, 5) is 55.2. The fourth-order valence-electron chi connectivity index (χ4n) is 2.56. The molecule has 0 spiro atoms. The zero-order chi connectivity index (χ0) is 22.8. The summed E-state index contributed by atoms with van der Waals surface area (Å²) in [7, 11) is 0. The first-order valence-electron chi connectivity index (χ1n) is 9.52. The van der Waals surface area contributed by atoms with Gasteiger partial charge in [-0.15, -0.1) is 0 Å². The van der Waals surface area contributed by atoms with E-state index in [0.29, 0.717) is 5.69 Å². The maximum Gasteiger partial charge on any atom is 0.328 e. The van der Waals surface area contributed by atoms with Crippen LogP contribution in [0.3, 0.4) is 0 Å². The predicted octanol–water partition coefficient (Wildman–Crippen LogP) is -2.12. The number of hydrogen-bond acceptors (Lipinski definition) is 7. The van der Waals surface area contributed by atoms with Crippen molar-refractivity contribution in [3.05, 3.63) is 18.2 Å². The average molecular weight is 426 g/mol. The number of carbonyl (C=O) groups is 4. The zero-order valence-corrected chi connectivity index (χ0v) is 17.2. The number of amides is 3. The normalized spacial score (nSPS) is 15.0. The van der Waals surface area contributed by atoms with Crippen molar-refractivity contribution in [2.75, 3.05) is 6.61 Å². The van der Waals surface area contributed by atoms with E-state index < -0.39 is 54.5 Å². The molecule has 1 rings (SSSR count). The third-order valence-electron chi connectivity index (χ3n) is 4.16. The number of nitrogens with one attached hydrogen (secondary N) is 4. The number of aliphatic hydroxyl groups excluding tert-OH is 1. The Labute approximate surface area is 174 Å². The second kappa shape index (κ2) is 11.9. The molecule has 12 heteroatoms. The summed E-state index contributed by atoms with van der Waals surface area (Å²) >= 11 is 0. The van der Waals surface area contributed by atoms with Crippen LogP contribution in [0.1, 0.15) is 32.9 Å². The second-order valence-electron chi connectivity index (χ2n) is 7.40. The maximum atomic E-state index is 12.9. The highest BCUT2D eigenvalue weighted by Gasteiger charge is 2.30. The molecule has 0 aromatic carbocycles. The van der Waals surface area contributed by atoms with Crippen LogP contribution in [0.5, 0.6) is 0 Å². The quantitative estimate of drug-likeness (QED) is 0.196. The van der Waals surface area contributed by atoms with E-state index in [4.69, 9.17) is 15.9 Å². The lowest BCUT2D eigenvalue weighted by Crippen LogP contribution is -2.58. The van der Waals surface area contributed by atoms with Crippen LogP contribution in [0.2, 0.25) is 0 Å². The van der Waals surface area contributed by atoms with E-state index in [2.05, 4.69) is 25.9 Å². The molecule has 0 saturated heterocycles. The number of carbonyl (C=O) groups excluding carboxylic acids is 3. The summed E-state index contributed by atoms with van der Waals surface area (Å²) in [6, 6.07) is -4.46. The van der Waals surface area contributed by atoms with Gasteiger partial charge < -0.3 is 36.9 Å². The van der Waals surface area contributed by atoms with Gasteiger partial charge in [0.2, 0.25) is 17.7 Å². The van der Waals surface area contributed by atoms with E-state index in [9.17, 15) is 19.2 Å². The highest BCUT2D eigenvalue weighted by molar-refractivity contribution is 5.94. The van der Waals surface area contributed by atoms with Crippen molar-refractivity contribution < 1.29 is 29.4 Å². The van der Waals surface area contributed by atoms with Crippen LogP contribution in [0, 0.1) is 5.92 Å². The van der Waals surface area contributed by atoms with E-state index in [-0.39, 0.29) is 18.8 Å². The molecule has 8 N–H and O–H groups in total. The number of aliphatic carboxylic acids is 1. The Morgan fingerprint density at radius 2 is 1.60 bits per heavy atom. The maximum absolute atomic E-state index is 12.9. The van der Waals surface area contributed by atoms with Crippen LogP contribution in [-0.4, -0.2) is 74.6 Å². The van der Waals surface area contributed by atoms with Gasteiger partial charge >= 0.3 is 5.97 Å². The van der Waals surface area contributed by atoms with Gasteiger partial charge in [-0.05, 0) is 19.3 Å². The summed E-state index contributed by atoms with van der Waals surface area (Å²) in [5, 5.41) is 25.4. The molecule has 0 aliphatic rings. The predicted molar refractivity (Wildman–Crippen MR) is 106 cm³/mol. The van der Waals surface area contributed by atoms with E-state index >= 15 is 0 Å². The molecule has 0 radical (unpaired) electrons. The molecule has 0 aliphatic heterocycles. The topological polar surface area (TPSA) is 200 Å². The first kappa shape index (κ1) is 25.0.